The van der Waals surface area contributed by atoms with Crippen LogP contribution in [0.1, 0.15) is 15.9 Å². The number of benzene rings is 1. The zero-order chi connectivity index (χ0) is 18.5. The van der Waals surface area contributed by atoms with Gasteiger partial charge in [-0.15, -0.1) is 0 Å². The second kappa shape index (κ2) is 7.57. The van der Waals surface area contributed by atoms with Gasteiger partial charge in [-0.3, -0.25) is 14.8 Å². The maximum absolute atomic E-state index is 12.2. The van der Waals surface area contributed by atoms with Crippen LogP contribution in [0.4, 0.5) is 11.6 Å². The molecule has 0 fully saturated rings. The molecule has 0 spiro atoms. The van der Waals surface area contributed by atoms with E-state index in [1.165, 1.54) is 12.4 Å². The Labute approximate surface area is 155 Å². The molecular formula is C20H16N6O. The zero-order valence-electron chi connectivity index (χ0n) is 14.3. The minimum absolute atomic E-state index is 0.231. The van der Waals surface area contributed by atoms with Gasteiger partial charge in [0.05, 0.1) is 16.8 Å². The van der Waals surface area contributed by atoms with E-state index in [1.807, 2.05) is 42.5 Å². The Hall–Kier alpha value is -3.87. The largest absolute Gasteiger partial charge is 0.348 e. The molecular weight excluding hydrogens is 340 g/mol. The highest BCUT2D eigenvalue weighted by molar-refractivity contribution is 5.94. The summed E-state index contributed by atoms with van der Waals surface area (Å²) in [7, 11) is 0. The van der Waals surface area contributed by atoms with Gasteiger partial charge in [0.2, 0.25) is 5.95 Å². The van der Waals surface area contributed by atoms with Crippen molar-refractivity contribution in [3.05, 3.63) is 84.6 Å². The monoisotopic (exact) mass is 356 g/mol. The molecule has 0 saturated carbocycles. The maximum Gasteiger partial charge on any atom is 0.254 e. The Morgan fingerprint density at radius 1 is 0.889 bits per heavy atom. The van der Waals surface area contributed by atoms with E-state index in [-0.39, 0.29) is 5.91 Å². The van der Waals surface area contributed by atoms with Gasteiger partial charge in [-0.2, -0.15) is 0 Å². The number of carbonyl (C=O) groups excluding carboxylic acids is 1. The van der Waals surface area contributed by atoms with E-state index in [4.69, 9.17) is 0 Å². The molecule has 0 radical (unpaired) electrons. The average Bonchev–Trinajstić information content (AvgIpc) is 2.74. The highest BCUT2D eigenvalue weighted by atomic mass is 16.1. The molecule has 3 heterocycles. The number of rotatable bonds is 5. The van der Waals surface area contributed by atoms with Gasteiger partial charge in [-0.05, 0) is 29.8 Å². The molecule has 27 heavy (non-hydrogen) atoms. The second-order valence-corrected chi connectivity index (χ2v) is 5.84. The predicted octanol–water partition coefficient (Wildman–Crippen LogP) is 3.09. The summed E-state index contributed by atoms with van der Waals surface area (Å²) in [6.45, 7) is 0.420. The van der Waals surface area contributed by atoms with Gasteiger partial charge in [-0.1, -0.05) is 18.2 Å². The average molecular weight is 356 g/mol. The van der Waals surface area contributed by atoms with Crippen molar-refractivity contribution in [2.24, 2.45) is 0 Å². The van der Waals surface area contributed by atoms with E-state index in [2.05, 4.69) is 30.6 Å². The summed E-state index contributed by atoms with van der Waals surface area (Å²) in [6.07, 6.45) is 8.11. The number of para-hydroxylation sites is 1. The van der Waals surface area contributed by atoms with Gasteiger partial charge >= 0.3 is 0 Å². The lowest BCUT2D eigenvalue weighted by Crippen LogP contribution is -2.23. The van der Waals surface area contributed by atoms with Crippen molar-refractivity contribution in [2.75, 3.05) is 5.32 Å². The topological polar surface area (TPSA) is 92.7 Å². The number of nitrogens with zero attached hydrogens (tertiary/aromatic N) is 4. The minimum atomic E-state index is -0.231. The summed E-state index contributed by atoms with van der Waals surface area (Å²) in [5, 5.41) is 7.00. The maximum atomic E-state index is 12.2. The number of amides is 1. The van der Waals surface area contributed by atoms with E-state index >= 15 is 0 Å². The molecule has 132 valence electrons. The van der Waals surface area contributed by atoms with Crippen LogP contribution in [-0.2, 0) is 6.54 Å². The van der Waals surface area contributed by atoms with E-state index in [1.54, 1.807) is 18.6 Å². The van der Waals surface area contributed by atoms with Crippen LogP contribution in [0.3, 0.4) is 0 Å². The molecule has 0 unspecified atom stereocenters. The number of hydrogen-bond donors (Lipinski definition) is 2. The number of aromatic nitrogens is 4. The fourth-order valence-corrected chi connectivity index (χ4v) is 2.62. The van der Waals surface area contributed by atoms with Crippen molar-refractivity contribution in [1.29, 1.82) is 0 Å². The van der Waals surface area contributed by atoms with Gasteiger partial charge in [0.1, 0.15) is 0 Å². The molecule has 0 saturated heterocycles. The standard InChI is InChI=1S/C20H16N6O/c27-19(23-11-14-6-9-21-10-7-14)16-12-24-20(25-13-16)26-17-5-1-3-15-4-2-8-22-18(15)17/h1-10,12-13H,11H2,(H,23,27)(H,24,25,26). The SMILES string of the molecule is O=C(NCc1ccncc1)c1cnc(Nc2cccc3cccnc23)nc1. The Morgan fingerprint density at radius 2 is 1.67 bits per heavy atom. The summed E-state index contributed by atoms with van der Waals surface area (Å²) in [6, 6.07) is 13.4. The molecule has 2 N–H and O–H groups in total. The van der Waals surface area contributed by atoms with Crippen LogP contribution in [0, 0.1) is 0 Å². The van der Waals surface area contributed by atoms with Crippen LogP contribution in [0.15, 0.2) is 73.4 Å². The van der Waals surface area contributed by atoms with Crippen molar-refractivity contribution >= 4 is 28.4 Å². The fraction of sp³-hybridized carbons (Fsp3) is 0.0500. The van der Waals surface area contributed by atoms with Gasteiger partial charge < -0.3 is 10.6 Å². The first-order valence-electron chi connectivity index (χ1n) is 8.39. The summed E-state index contributed by atoms with van der Waals surface area (Å²) in [5.74, 6) is 0.170. The van der Waals surface area contributed by atoms with Crippen LogP contribution >= 0.6 is 0 Å². The van der Waals surface area contributed by atoms with Crippen molar-refractivity contribution in [2.45, 2.75) is 6.54 Å². The summed E-state index contributed by atoms with van der Waals surface area (Å²) < 4.78 is 0. The smallest absolute Gasteiger partial charge is 0.254 e. The van der Waals surface area contributed by atoms with Gasteiger partial charge in [-0.25, -0.2) is 9.97 Å². The quantitative estimate of drug-likeness (QED) is 0.571. The van der Waals surface area contributed by atoms with E-state index in [0.29, 0.717) is 18.1 Å². The first kappa shape index (κ1) is 16.6. The lowest BCUT2D eigenvalue weighted by molar-refractivity contribution is 0.0950. The molecule has 7 heteroatoms. The Morgan fingerprint density at radius 3 is 2.48 bits per heavy atom. The summed E-state index contributed by atoms with van der Waals surface area (Å²) >= 11 is 0. The third-order valence-corrected chi connectivity index (χ3v) is 4.00. The van der Waals surface area contributed by atoms with Crippen LogP contribution < -0.4 is 10.6 Å². The molecule has 3 aromatic heterocycles. The molecule has 0 aliphatic carbocycles. The highest BCUT2D eigenvalue weighted by Gasteiger charge is 2.08. The molecule has 0 aliphatic heterocycles. The Balaban J connectivity index is 1.45. The van der Waals surface area contributed by atoms with Crippen molar-refractivity contribution in [3.8, 4) is 0 Å². The van der Waals surface area contributed by atoms with Gasteiger partial charge in [0, 0.05) is 42.9 Å². The third-order valence-electron chi connectivity index (χ3n) is 4.00. The van der Waals surface area contributed by atoms with Crippen molar-refractivity contribution < 1.29 is 4.79 Å². The number of pyridine rings is 2. The van der Waals surface area contributed by atoms with Crippen LogP contribution in [-0.4, -0.2) is 25.8 Å². The number of carbonyl (C=O) groups is 1. The lowest BCUT2D eigenvalue weighted by atomic mass is 10.2. The number of anilines is 2. The number of nitrogens with one attached hydrogen (secondary N) is 2. The van der Waals surface area contributed by atoms with E-state index in [9.17, 15) is 4.79 Å². The first-order chi connectivity index (χ1) is 13.3. The van der Waals surface area contributed by atoms with Crippen LogP contribution in [0.2, 0.25) is 0 Å². The molecule has 0 atom stereocenters. The van der Waals surface area contributed by atoms with Crippen molar-refractivity contribution in [1.82, 2.24) is 25.3 Å². The normalized spacial score (nSPS) is 10.5. The van der Waals surface area contributed by atoms with E-state index < -0.39 is 0 Å². The van der Waals surface area contributed by atoms with Crippen molar-refractivity contribution in [3.63, 3.8) is 0 Å². The second-order valence-electron chi connectivity index (χ2n) is 5.84. The molecule has 1 aromatic carbocycles. The van der Waals surface area contributed by atoms with E-state index in [0.717, 1.165) is 22.2 Å². The third kappa shape index (κ3) is 3.87. The van der Waals surface area contributed by atoms with Gasteiger partial charge in [0.15, 0.2) is 0 Å². The molecule has 7 nitrogen and oxygen atoms in total. The van der Waals surface area contributed by atoms with Crippen LogP contribution in [0.25, 0.3) is 10.9 Å². The predicted molar refractivity (Wildman–Crippen MR) is 102 cm³/mol. The Kier molecular flexibility index (Phi) is 4.65. The summed E-state index contributed by atoms with van der Waals surface area (Å²) in [5.41, 5.74) is 3.01. The molecule has 0 bridgehead atoms. The number of hydrogen-bond acceptors (Lipinski definition) is 6. The van der Waals surface area contributed by atoms with Crippen LogP contribution in [0.5, 0.6) is 0 Å². The first-order valence-corrected chi connectivity index (χ1v) is 8.39. The Bertz CT molecular complexity index is 1060. The molecule has 0 aliphatic rings. The minimum Gasteiger partial charge on any atom is -0.348 e. The molecule has 1 amide bonds. The fourth-order valence-electron chi connectivity index (χ4n) is 2.62. The van der Waals surface area contributed by atoms with Gasteiger partial charge in [0.25, 0.3) is 5.91 Å². The lowest BCUT2D eigenvalue weighted by Gasteiger charge is -2.08. The number of fused-ring (bicyclic) bond motifs is 1. The highest BCUT2D eigenvalue weighted by Crippen LogP contribution is 2.22. The molecule has 4 aromatic rings. The summed E-state index contributed by atoms with van der Waals surface area (Å²) in [4.78, 5) is 29.0. The molecule has 4 rings (SSSR count). The zero-order valence-corrected chi connectivity index (χ0v) is 14.3.